The number of nitrogens with one attached hydrogen (secondary N) is 1. The molecule has 1 aromatic rings. The Morgan fingerprint density at radius 3 is 2.75 bits per heavy atom. The number of amides is 1. The predicted octanol–water partition coefficient (Wildman–Crippen LogP) is 0.929. The Bertz CT molecular complexity index is 421. The summed E-state index contributed by atoms with van der Waals surface area (Å²) >= 11 is 0. The van der Waals surface area contributed by atoms with E-state index in [-0.39, 0.29) is 18.0 Å². The zero-order chi connectivity index (χ0) is 12.1. The standard InChI is InChI=1S/C12H18N2O2/c1-9(2)7-13-11(15)8-14-5-4-10(3)6-12(14)16/h4-6,9H,7-8H2,1-3H3,(H,13,15). The number of carbonyl (C=O) groups excluding carboxylic acids is 1. The summed E-state index contributed by atoms with van der Waals surface area (Å²) in [7, 11) is 0. The van der Waals surface area contributed by atoms with Gasteiger partial charge in [0.1, 0.15) is 6.54 Å². The summed E-state index contributed by atoms with van der Waals surface area (Å²) < 4.78 is 1.41. The average Bonchev–Trinajstić information content (AvgIpc) is 2.19. The van der Waals surface area contributed by atoms with Gasteiger partial charge in [0.2, 0.25) is 5.91 Å². The summed E-state index contributed by atoms with van der Waals surface area (Å²) in [4.78, 5) is 23.0. The van der Waals surface area contributed by atoms with Gasteiger partial charge < -0.3 is 9.88 Å². The summed E-state index contributed by atoms with van der Waals surface area (Å²) in [5.74, 6) is 0.290. The second-order valence-electron chi connectivity index (χ2n) is 4.37. The van der Waals surface area contributed by atoms with E-state index in [1.54, 1.807) is 6.20 Å². The highest BCUT2D eigenvalue weighted by molar-refractivity contribution is 5.75. The van der Waals surface area contributed by atoms with Crippen LogP contribution in [0.3, 0.4) is 0 Å². The number of rotatable bonds is 4. The molecule has 1 N–H and O–H groups in total. The van der Waals surface area contributed by atoms with Gasteiger partial charge >= 0.3 is 0 Å². The van der Waals surface area contributed by atoms with Crippen molar-refractivity contribution in [2.75, 3.05) is 6.54 Å². The van der Waals surface area contributed by atoms with Crippen molar-refractivity contribution >= 4 is 5.91 Å². The second-order valence-corrected chi connectivity index (χ2v) is 4.37. The number of carbonyl (C=O) groups is 1. The van der Waals surface area contributed by atoms with Crippen molar-refractivity contribution in [1.29, 1.82) is 0 Å². The van der Waals surface area contributed by atoms with Gasteiger partial charge in [0, 0.05) is 18.8 Å². The normalized spacial score (nSPS) is 10.5. The zero-order valence-corrected chi connectivity index (χ0v) is 9.99. The maximum Gasteiger partial charge on any atom is 0.251 e. The van der Waals surface area contributed by atoms with Crippen molar-refractivity contribution in [1.82, 2.24) is 9.88 Å². The molecular formula is C12H18N2O2. The summed E-state index contributed by atoms with van der Waals surface area (Å²) in [6.07, 6.45) is 1.65. The average molecular weight is 222 g/mol. The predicted molar refractivity (Wildman–Crippen MR) is 63.3 cm³/mol. The Labute approximate surface area is 95.3 Å². The Kier molecular flexibility index (Phi) is 4.28. The van der Waals surface area contributed by atoms with E-state index in [0.717, 1.165) is 5.56 Å². The highest BCUT2D eigenvalue weighted by Crippen LogP contribution is 1.91. The van der Waals surface area contributed by atoms with Crippen LogP contribution in [-0.4, -0.2) is 17.0 Å². The fraction of sp³-hybridized carbons (Fsp3) is 0.500. The number of hydrogen-bond donors (Lipinski definition) is 1. The van der Waals surface area contributed by atoms with E-state index >= 15 is 0 Å². The van der Waals surface area contributed by atoms with Crippen molar-refractivity contribution in [2.45, 2.75) is 27.3 Å². The summed E-state index contributed by atoms with van der Waals surface area (Å²) in [6, 6.07) is 3.34. The molecule has 1 aromatic heterocycles. The van der Waals surface area contributed by atoms with Crippen LogP contribution in [0.1, 0.15) is 19.4 Å². The maximum absolute atomic E-state index is 11.5. The molecule has 4 heteroatoms. The molecule has 1 rings (SSSR count). The lowest BCUT2D eigenvalue weighted by Gasteiger charge is -2.09. The smallest absolute Gasteiger partial charge is 0.251 e. The van der Waals surface area contributed by atoms with Crippen LogP contribution in [-0.2, 0) is 11.3 Å². The van der Waals surface area contributed by atoms with Crippen LogP contribution < -0.4 is 10.9 Å². The van der Waals surface area contributed by atoms with Crippen LogP contribution in [0.4, 0.5) is 0 Å². The van der Waals surface area contributed by atoms with Crippen LogP contribution in [0.15, 0.2) is 23.1 Å². The third kappa shape index (κ3) is 3.88. The first kappa shape index (κ1) is 12.5. The van der Waals surface area contributed by atoms with Gasteiger partial charge in [-0.2, -0.15) is 0 Å². The molecule has 0 radical (unpaired) electrons. The van der Waals surface area contributed by atoms with Crippen LogP contribution in [0.5, 0.6) is 0 Å². The Hall–Kier alpha value is -1.58. The number of aryl methyl sites for hydroxylation is 1. The SMILES string of the molecule is Cc1ccn(CC(=O)NCC(C)C)c(=O)c1. The zero-order valence-electron chi connectivity index (χ0n) is 9.99. The topological polar surface area (TPSA) is 51.1 Å². The van der Waals surface area contributed by atoms with E-state index in [2.05, 4.69) is 5.32 Å². The molecule has 0 aromatic carbocycles. The monoisotopic (exact) mass is 222 g/mol. The molecule has 88 valence electrons. The summed E-state index contributed by atoms with van der Waals surface area (Å²) in [5, 5.41) is 2.77. The quantitative estimate of drug-likeness (QED) is 0.824. The molecule has 0 fully saturated rings. The molecule has 0 atom stereocenters. The van der Waals surface area contributed by atoms with Gasteiger partial charge in [-0.25, -0.2) is 0 Å². The molecule has 1 amide bonds. The highest BCUT2D eigenvalue weighted by atomic mass is 16.2. The third-order valence-electron chi connectivity index (χ3n) is 2.17. The van der Waals surface area contributed by atoms with Crippen molar-refractivity contribution < 1.29 is 4.79 Å². The van der Waals surface area contributed by atoms with Gasteiger partial charge in [-0.05, 0) is 24.5 Å². The van der Waals surface area contributed by atoms with Gasteiger partial charge in [-0.1, -0.05) is 13.8 Å². The van der Waals surface area contributed by atoms with Crippen LogP contribution >= 0.6 is 0 Å². The number of aromatic nitrogens is 1. The second kappa shape index (κ2) is 5.49. The van der Waals surface area contributed by atoms with E-state index < -0.39 is 0 Å². The molecule has 16 heavy (non-hydrogen) atoms. The fourth-order valence-electron chi connectivity index (χ4n) is 1.27. The van der Waals surface area contributed by atoms with Gasteiger partial charge in [0.05, 0.1) is 0 Å². The lowest BCUT2D eigenvalue weighted by Crippen LogP contribution is -2.33. The van der Waals surface area contributed by atoms with Crippen molar-refractivity contribution in [2.24, 2.45) is 5.92 Å². The van der Waals surface area contributed by atoms with Crippen LogP contribution in [0.25, 0.3) is 0 Å². The van der Waals surface area contributed by atoms with Crippen molar-refractivity contribution in [3.63, 3.8) is 0 Å². The maximum atomic E-state index is 11.5. The van der Waals surface area contributed by atoms with Crippen LogP contribution in [0, 0.1) is 12.8 Å². The Balaban J connectivity index is 2.60. The Morgan fingerprint density at radius 1 is 1.50 bits per heavy atom. The van der Waals surface area contributed by atoms with E-state index in [1.807, 2.05) is 26.8 Å². The minimum atomic E-state index is -0.139. The minimum absolute atomic E-state index is 0.0891. The number of hydrogen-bond acceptors (Lipinski definition) is 2. The summed E-state index contributed by atoms with van der Waals surface area (Å²) in [6.45, 7) is 6.63. The molecule has 0 aliphatic carbocycles. The third-order valence-corrected chi connectivity index (χ3v) is 2.17. The lowest BCUT2D eigenvalue weighted by molar-refractivity contribution is -0.121. The molecule has 0 saturated heterocycles. The van der Waals surface area contributed by atoms with E-state index in [0.29, 0.717) is 12.5 Å². The van der Waals surface area contributed by atoms with Crippen LogP contribution in [0.2, 0.25) is 0 Å². The molecule has 0 unspecified atom stereocenters. The minimum Gasteiger partial charge on any atom is -0.354 e. The first-order valence-corrected chi connectivity index (χ1v) is 5.43. The summed E-state index contributed by atoms with van der Waals surface area (Å²) in [5.41, 5.74) is 0.767. The largest absolute Gasteiger partial charge is 0.354 e. The lowest BCUT2D eigenvalue weighted by atomic mass is 10.2. The molecule has 4 nitrogen and oxygen atoms in total. The van der Waals surface area contributed by atoms with Gasteiger partial charge in [-0.15, -0.1) is 0 Å². The van der Waals surface area contributed by atoms with Gasteiger partial charge in [0.25, 0.3) is 5.56 Å². The van der Waals surface area contributed by atoms with Crippen molar-refractivity contribution in [3.8, 4) is 0 Å². The number of pyridine rings is 1. The number of nitrogens with zero attached hydrogens (tertiary/aromatic N) is 1. The molecule has 0 aliphatic rings. The highest BCUT2D eigenvalue weighted by Gasteiger charge is 2.04. The van der Waals surface area contributed by atoms with Gasteiger partial charge in [-0.3, -0.25) is 9.59 Å². The van der Waals surface area contributed by atoms with E-state index in [1.165, 1.54) is 10.6 Å². The Morgan fingerprint density at radius 2 is 2.19 bits per heavy atom. The molecule has 0 aliphatic heterocycles. The molecule has 1 heterocycles. The van der Waals surface area contributed by atoms with E-state index in [4.69, 9.17) is 0 Å². The molecular weight excluding hydrogens is 204 g/mol. The first-order valence-electron chi connectivity index (χ1n) is 5.43. The molecule has 0 saturated carbocycles. The van der Waals surface area contributed by atoms with Crippen molar-refractivity contribution in [3.05, 3.63) is 34.2 Å². The first-order chi connectivity index (χ1) is 7.49. The van der Waals surface area contributed by atoms with Gasteiger partial charge in [0.15, 0.2) is 0 Å². The molecule has 0 spiro atoms. The fourth-order valence-corrected chi connectivity index (χ4v) is 1.27. The van der Waals surface area contributed by atoms with E-state index in [9.17, 15) is 9.59 Å². The molecule has 0 bridgehead atoms.